The van der Waals surface area contributed by atoms with Crippen molar-refractivity contribution in [3.63, 3.8) is 0 Å². The van der Waals surface area contributed by atoms with Gasteiger partial charge in [0.25, 0.3) is 0 Å². The molecule has 0 saturated carbocycles. The number of hydrogen-bond acceptors (Lipinski definition) is 7. The minimum absolute atomic E-state index is 0.221. The molecule has 0 amide bonds. The summed E-state index contributed by atoms with van der Waals surface area (Å²) in [6, 6.07) is 13.4. The summed E-state index contributed by atoms with van der Waals surface area (Å²) in [5.74, 6) is 0.627. The summed E-state index contributed by atoms with van der Waals surface area (Å²) in [5.41, 5.74) is 4.50. The van der Waals surface area contributed by atoms with Crippen molar-refractivity contribution < 1.29 is 9.53 Å². The van der Waals surface area contributed by atoms with Crippen LogP contribution < -0.4 is 5.69 Å². The summed E-state index contributed by atoms with van der Waals surface area (Å²) in [6.45, 7) is 5.15. The Kier molecular flexibility index (Phi) is 7.99. The van der Waals surface area contributed by atoms with Gasteiger partial charge < -0.3 is 9.30 Å². The van der Waals surface area contributed by atoms with Crippen LogP contribution in [0.2, 0.25) is 0 Å². The number of esters is 1. The van der Waals surface area contributed by atoms with Crippen molar-refractivity contribution in [2.24, 2.45) is 0 Å². The lowest BCUT2D eigenvalue weighted by molar-refractivity contribution is 0.0600. The number of tetrazole rings is 1. The first kappa shape index (κ1) is 26.8. The molecule has 4 heterocycles. The molecule has 0 atom stereocenters. The van der Waals surface area contributed by atoms with Gasteiger partial charge in [0.1, 0.15) is 11.4 Å². The Labute approximate surface area is 231 Å². The second-order valence-corrected chi connectivity index (χ2v) is 9.53. The second kappa shape index (κ2) is 11.9. The topological polar surface area (TPSA) is 126 Å². The first-order valence-electron chi connectivity index (χ1n) is 13.4. The fraction of sp³-hybridized carbons (Fsp3) is 0.310. The highest BCUT2D eigenvalue weighted by molar-refractivity contribution is 5.93. The number of nitrogens with zero attached hydrogens (tertiary/aromatic N) is 7. The molecular formula is C29H32N8O3. The number of imidazole rings is 1. The Hall–Kier alpha value is -4.80. The summed E-state index contributed by atoms with van der Waals surface area (Å²) in [6.07, 6.45) is 8.99. The number of methoxy groups -OCH3 is 1. The number of unbranched alkanes of at least 4 members (excludes halogenated alkanes) is 1. The number of aromatic amines is 1. The molecular weight excluding hydrogens is 508 g/mol. The Morgan fingerprint density at radius 2 is 1.88 bits per heavy atom. The van der Waals surface area contributed by atoms with Crippen LogP contribution in [0, 0.1) is 0 Å². The van der Waals surface area contributed by atoms with Crippen LogP contribution in [0.1, 0.15) is 54.9 Å². The van der Waals surface area contributed by atoms with E-state index in [1.54, 1.807) is 21.4 Å². The van der Waals surface area contributed by atoms with Gasteiger partial charge in [-0.05, 0) is 47.4 Å². The SMILES string of the molecule is CCCCc1cn(-c2c(C(=O)OC)ccn2CCC)c(=O)n1Cc1ccc(-c2ccccc2-c2nnn[nH]2)cn1. The van der Waals surface area contributed by atoms with Crippen LogP contribution in [0.3, 0.4) is 0 Å². The molecule has 11 heteroatoms. The summed E-state index contributed by atoms with van der Waals surface area (Å²) in [5, 5.41) is 14.2. The van der Waals surface area contributed by atoms with Gasteiger partial charge in [-0.1, -0.05) is 50.6 Å². The Bertz CT molecular complexity index is 1650. The molecule has 5 aromatic rings. The summed E-state index contributed by atoms with van der Waals surface area (Å²) < 4.78 is 10.3. The van der Waals surface area contributed by atoms with Crippen LogP contribution in [-0.2, 0) is 24.2 Å². The van der Waals surface area contributed by atoms with Gasteiger partial charge in [0.2, 0.25) is 0 Å². The predicted molar refractivity (Wildman–Crippen MR) is 150 cm³/mol. The molecule has 0 bridgehead atoms. The van der Waals surface area contributed by atoms with E-state index in [1.165, 1.54) is 7.11 Å². The number of carbonyl (C=O) groups is 1. The number of nitrogens with one attached hydrogen (secondary N) is 1. The lowest BCUT2D eigenvalue weighted by Gasteiger charge is -2.10. The van der Waals surface area contributed by atoms with Gasteiger partial charge in [0.15, 0.2) is 5.82 Å². The van der Waals surface area contributed by atoms with Gasteiger partial charge in [-0.2, -0.15) is 0 Å². The molecule has 0 aliphatic carbocycles. The maximum absolute atomic E-state index is 13.9. The number of ether oxygens (including phenoxy) is 1. The highest BCUT2D eigenvalue weighted by atomic mass is 16.5. The minimum atomic E-state index is -0.474. The predicted octanol–water partition coefficient (Wildman–Crippen LogP) is 4.27. The molecule has 40 heavy (non-hydrogen) atoms. The number of pyridine rings is 1. The molecule has 0 saturated heterocycles. The van der Waals surface area contributed by atoms with Crippen LogP contribution in [-0.4, -0.2) is 52.4 Å². The highest BCUT2D eigenvalue weighted by Crippen LogP contribution is 2.29. The van der Waals surface area contributed by atoms with Gasteiger partial charge in [-0.3, -0.25) is 14.1 Å². The van der Waals surface area contributed by atoms with Crippen LogP contribution in [0.4, 0.5) is 0 Å². The maximum Gasteiger partial charge on any atom is 0.341 e. The molecule has 4 aromatic heterocycles. The number of benzene rings is 1. The van der Waals surface area contributed by atoms with Crippen molar-refractivity contribution in [3.8, 4) is 28.3 Å². The van der Waals surface area contributed by atoms with Gasteiger partial charge >= 0.3 is 11.7 Å². The molecule has 0 spiro atoms. The Balaban J connectivity index is 1.51. The summed E-state index contributed by atoms with van der Waals surface area (Å²) in [7, 11) is 1.35. The molecule has 1 N–H and O–H groups in total. The molecule has 5 rings (SSSR count). The highest BCUT2D eigenvalue weighted by Gasteiger charge is 2.22. The van der Waals surface area contributed by atoms with Gasteiger partial charge in [-0.25, -0.2) is 14.7 Å². The van der Waals surface area contributed by atoms with Crippen molar-refractivity contribution >= 4 is 5.97 Å². The Morgan fingerprint density at radius 1 is 1.05 bits per heavy atom. The first-order chi connectivity index (χ1) is 19.5. The zero-order valence-corrected chi connectivity index (χ0v) is 22.9. The van der Waals surface area contributed by atoms with Crippen molar-refractivity contribution in [1.82, 2.24) is 39.3 Å². The first-order valence-corrected chi connectivity index (χ1v) is 13.4. The molecule has 0 unspecified atom stereocenters. The molecule has 206 valence electrons. The van der Waals surface area contributed by atoms with Crippen LogP contribution >= 0.6 is 0 Å². The van der Waals surface area contributed by atoms with E-state index in [0.717, 1.165) is 53.8 Å². The lowest BCUT2D eigenvalue weighted by atomic mass is 10.0. The van der Waals surface area contributed by atoms with Crippen molar-refractivity contribution in [3.05, 3.63) is 88.5 Å². The monoisotopic (exact) mass is 540 g/mol. The van der Waals surface area contributed by atoms with Gasteiger partial charge in [0.05, 0.1) is 19.3 Å². The number of aryl methyl sites for hydroxylation is 2. The summed E-state index contributed by atoms with van der Waals surface area (Å²) >= 11 is 0. The zero-order valence-electron chi connectivity index (χ0n) is 22.9. The minimum Gasteiger partial charge on any atom is -0.465 e. The quantitative estimate of drug-likeness (QED) is 0.248. The smallest absolute Gasteiger partial charge is 0.341 e. The number of carbonyl (C=O) groups excluding carboxylic acids is 1. The van der Waals surface area contributed by atoms with Crippen LogP contribution in [0.5, 0.6) is 0 Å². The lowest BCUT2D eigenvalue weighted by Crippen LogP contribution is -2.27. The maximum atomic E-state index is 13.9. The van der Waals surface area contributed by atoms with E-state index in [0.29, 0.717) is 30.3 Å². The summed E-state index contributed by atoms with van der Waals surface area (Å²) in [4.78, 5) is 31.1. The zero-order chi connectivity index (χ0) is 28.1. The van der Waals surface area contributed by atoms with E-state index < -0.39 is 5.97 Å². The van der Waals surface area contributed by atoms with Gasteiger partial charge in [0, 0.05) is 42.0 Å². The standard InChI is InChI=1S/C29H32N8O3/c1-4-6-9-22-19-37(27-25(28(38)40-3)14-16-35(27)15-5-2)29(39)36(22)18-21-13-12-20(17-30-21)23-10-7-8-11-24(23)26-31-33-34-32-26/h7-8,10-14,16-17,19H,4-6,9,15,18H2,1-3H3,(H,31,32,33,34). The van der Waals surface area contributed by atoms with Gasteiger partial charge in [-0.15, -0.1) is 5.10 Å². The molecule has 0 aliphatic heterocycles. The molecule has 0 aliphatic rings. The fourth-order valence-electron chi connectivity index (χ4n) is 4.88. The number of rotatable bonds is 11. The largest absolute Gasteiger partial charge is 0.465 e. The Morgan fingerprint density at radius 3 is 2.55 bits per heavy atom. The third-order valence-corrected chi connectivity index (χ3v) is 6.86. The van der Waals surface area contributed by atoms with Crippen molar-refractivity contribution in [2.45, 2.75) is 52.6 Å². The number of aromatic nitrogens is 8. The molecule has 1 aromatic carbocycles. The molecule has 11 nitrogen and oxygen atoms in total. The van der Waals surface area contributed by atoms with E-state index in [9.17, 15) is 9.59 Å². The van der Waals surface area contributed by atoms with Crippen LogP contribution in [0.15, 0.2) is 65.8 Å². The van der Waals surface area contributed by atoms with E-state index in [1.807, 2.05) is 53.4 Å². The number of H-pyrrole nitrogens is 1. The van der Waals surface area contributed by atoms with Crippen LogP contribution in [0.25, 0.3) is 28.3 Å². The molecule has 0 radical (unpaired) electrons. The van der Waals surface area contributed by atoms with E-state index in [-0.39, 0.29) is 5.69 Å². The van der Waals surface area contributed by atoms with E-state index >= 15 is 0 Å². The van der Waals surface area contributed by atoms with Crippen molar-refractivity contribution in [1.29, 1.82) is 0 Å². The van der Waals surface area contributed by atoms with Crippen molar-refractivity contribution in [2.75, 3.05) is 7.11 Å². The fourth-order valence-corrected chi connectivity index (χ4v) is 4.88. The van der Waals surface area contributed by atoms with E-state index in [2.05, 4.69) is 34.5 Å². The molecule has 0 fully saturated rings. The average molecular weight is 541 g/mol. The number of hydrogen-bond donors (Lipinski definition) is 1. The average Bonchev–Trinajstić information content (AvgIpc) is 3.73. The normalized spacial score (nSPS) is 11.2. The second-order valence-electron chi connectivity index (χ2n) is 9.53. The van der Waals surface area contributed by atoms with E-state index in [4.69, 9.17) is 9.72 Å². The third-order valence-electron chi connectivity index (χ3n) is 6.86. The third kappa shape index (κ3) is 5.22.